The minimum atomic E-state index is 0.557. The Morgan fingerprint density at radius 3 is 2.58 bits per heavy atom. The highest BCUT2D eigenvalue weighted by Crippen LogP contribution is 2.39. The Hall–Kier alpha value is -0.480. The standard InChI is InChI=1S/C8H4Br2O2/c9-7-5-3-1-2-4-6(5)11-12-8(7)10/h1-4H. The fourth-order valence-electron chi connectivity index (χ4n) is 0.945. The largest absolute Gasteiger partial charge is 0.289 e. The van der Waals surface area contributed by atoms with Crippen molar-refractivity contribution in [2.75, 3.05) is 0 Å². The molecule has 0 radical (unpaired) electrons. The molecule has 0 aliphatic carbocycles. The number of fused-ring (bicyclic) bond motifs is 1. The van der Waals surface area contributed by atoms with Gasteiger partial charge in [0.05, 0.1) is 4.48 Å². The molecule has 4 heteroatoms. The van der Waals surface area contributed by atoms with Crippen LogP contribution in [0.1, 0.15) is 5.56 Å². The van der Waals surface area contributed by atoms with Crippen LogP contribution in [-0.2, 0) is 4.89 Å². The molecule has 0 amide bonds. The second-order valence-electron chi connectivity index (χ2n) is 2.25. The van der Waals surface area contributed by atoms with Gasteiger partial charge in [0.1, 0.15) is 0 Å². The van der Waals surface area contributed by atoms with Crippen molar-refractivity contribution in [1.29, 1.82) is 0 Å². The normalized spacial score (nSPS) is 14.8. The van der Waals surface area contributed by atoms with Crippen LogP contribution in [0.3, 0.4) is 0 Å². The average Bonchev–Trinajstić information content (AvgIpc) is 2.12. The fraction of sp³-hybridized carbons (Fsp3) is 0. The Labute approximate surface area is 86.4 Å². The third kappa shape index (κ3) is 1.25. The molecule has 1 aromatic carbocycles. The van der Waals surface area contributed by atoms with E-state index in [1.807, 2.05) is 24.3 Å². The van der Waals surface area contributed by atoms with Crippen LogP contribution in [0, 0.1) is 0 Å². The molecule has 2 nitrogen and oxygen atoms in total. The molecular formula is C8H4Br2O2. The van der Waals surface area contributed by atoms with Gasteiger partial charge in [-0.1, -0.05) is 12.1 Å². The molecule has 0 unspecified atom stereocenters. The lowest BCUT2D eigenvalue weighted by Crippen LogP contribution is -2.02. The summed E-state index contributed by atoms with van der Waals surface area (Å²) in [7, 11) is 0. The summed E-state index contributed by atoms with van der Waals surface area (Å²) in [4.78, 5) is 9.84. The van der Waals surface area contributed by atoms with Gasteiger partial charge in [-0.3, -0.25) is 9.78 Å². The third-order valence-corrected chi connectivity index (χ3v) is 3.35. The molecule has 0 bridgehead atoms. The summed E-state index contributed by atoms with van der Waals surface area (Å²) in [6.45, 7) is 0. The number of halogens is 2. The summed E-state index contributed by atoms with van der Waals surface area (Å²) in [5.74, 6) is 0.715. The molecule has 0 aromatic heterocycles. The molecule has 0 spiro atoms. The summed E-state index contributed by atoms with van der Waals surface area (Å²) < 4.78 is 1.42. The summed E-state index contributed by atoms with van der Waals surface area (Å²) in [5.41, 5.74) is 0.982. The molecule has 62 valence electrons. The Balaban J connectivity index is 2.59. The van der Waals surface area contributed by atoms with E-state index in [0.717, 1.165) is 10.0 Å². The topological polar surface area (TPSA) is 18.5 Å². The van der Waals surface area contributed by atoms with Crippen molar-refractivity contribution in [3.8, 4) is 5.75 Å². The zero-order valence-corrected chi connectivity index (χ0v) is 9.05. The summed E-state index contributed by atoms with van der Waals surface area (Å²) in [5, 5.41) is 0. The first-order valence-corrected chi connectivity index (χ1v) is 4.87. The van der Waals surface area contributed by atoms with Crippen LogP contribution in [-0.4, -0.2) is 0 Å². The molecule has 12 heavy (non-hydrogen) atoms. The minimum Gasteiger partial charge on any atom is -0.289 e. The van der Waals surface area contributed by atoms with Crippen LogP contribution in [0.2, 0.25) is 0 Å². The summed E-state index contributed by atoms with van der Waals surface area (Å²) in [6, 6.07) is 7.62. The molecule has 0 fully saturated rings. The van der Waals surface area contributed by atoms with Gasteiger partial charge in [-0.2, -0.15) is 0 Å². The Morgan fingerprint density at radius 1 is 1.00 bits per heavy atom. The maximum Gasteiger partial charge on any atom is 0.235 e. The predicted octanol–water partition coefficient (Wildman–Crippen LogP) is 3.43. The van der Waals surface area contributed by atoms with E-state index >= 15 is 0 Å². The van der Waals surface area contributed by atoms with Crippen molar-refractivity contribution >= 4 is 36.3 Å². The third-order valence-electron chi connectivity index (χ3n) is 1.50. The van der Waals surface area contributed by atoms with E-state index in [4.69, 9.17) is 9.78 Å². The number of rotatable bonds is 0. The molecule has 0 N–H and O–H groups in total. The molecule has 1 aromatic rings. The minimum absolute atomic E-state index is 0.557. The van der Waals surface area contributed by atoms with Gasteiger partial charge in [0, 0.05) is 5.56 Å². The van der Waals surface area contributed by atoms with E-state index < -0.39 is 0 Å². The van der Waals surface area contributed by atoms with Crippen LogP contribution in [0.25, 0.3) is 4.48 Å². The lowest BCUT2D eigenvalue weighted by Gasteiger charge is -2.15. The Kier molecular flexibility index (Phi) is 2.11. The Morgan fingerprint density at radius 2 is 1.75 bits per heavy atom. The van der Waals surface area contributed by atoms with Crippen LogP contribution in [0.5, 0.6) is 5.75 Å². The van der Waals surface area contributed by atoms with Gasteiger partial charge in [0.2, 0.25) is 4.67 Å². The number of hydrogen-bond donors (Lipinski definition) is 0. The molecule has 0 atom stereocenters. The van der Waals surface area contributed by atoms with E-state index in [9.17, 15) is 0 Å². The van der Waals surface area contributed by atoms with Gasteiger partial charge in [-0.05, 0) is 44.0 Å². The molecular weight excluding hydrogens is 288 g/mol. The number of hydrogen-bond acceptors (Lipinski definition) is 2. The fourth-order valence-corrected chi connectivity index (χ4v) is 1.62. The van der Waals surface area contributed by atoms with Gasteiger partial charge in [0.15, 0.2) is 5.75 Å². The van der Waals surface area contributed by atoms with Gasteiger partial charge >= 0.3 is 0 Å². The van der Waals surface area contributed by atoms with Gasteiger partial charge < -0.3 is 0 Å². The van der Waals surface area contributed by atoms with Crippen molar-refractivity contribution < 1.29 is 9.78 Å². The first-order chi connectivity index (χ1) is 5.79. The molecule has 0 saturated heterocycles. The van der Waals surface area contributed by atoms with Gasteiger partial charge in [0.25, 0.3) is 0 Å². The van der Waals surface area contributed by atoms with Crippen LogP contribution < -0.4 is 4.89 Å². The predicted molar refractivity (Wildman–Crippen MR) is 52.9 cm³/mol. The van der Waals surface area contributed by atoms with E-state index in [-0.39, 0.29) is 0 Å². The van der Waals surface area contributed by atoms with Crippen LogP contribution >= 0.6 is 31.9 Å². The smallest absolute Gasteiger partial charge is 0.235 e. The van der Waals surface area contributed by atoms with Crippen molar-refractivity contribution in [1.82, 2.24) is 0 Å². The van der Waals surface area contributed by atoms with Gasteiger partial charge in [-0.15, -0.1) is 0 Å². The van der Waals surface area contributed by atoms with E-state index in [0.29, 0.717) is 10.4 Å². The average molecular weight is 292 g/mol. The maximum atomic E-state index is 4.97. The van der Waals surface area contributed by atoms with Gasteiger partial charge in [-0.25, -0.2) is 0 Å². The lowest BCUT2D eigenvalue weighted by atomic mass is 10.2. The van der Waals surface area contributed by atoms with Crippen molar-refractivity contribution in [3.63, 3.8) is 0 Å². The van der Waals surface area contributed by atoms with E-state index in [1.54, 1.807) is 0 Å². The monoisotopic (exact) mass is 290 g/mol. The van der Waals surface area contributed by atoms with Crippen LogP contribution in [0.4, 0.5) is 0 Å². The molecule has 1 aliphatic rings. The number of benzene rings is 1. The molecule has 1 heterocycles. The second kappa shape index (κ2) is 3.11. The Bertz CT molecular complexity index is 347. The quantitative estimate of drug-likeness (QED) is 0.682. The van der Waals surface area contributed by atoms with Crippen molar-refractivity contribution in [3.05, 3.63) is 34.5 Å². The molecule has 0 saturated carbocycles. The highest BCUT2D eigenvalue weighted by Gasteiger charge is 2.17. The second-order valence-corrected chi connectivity index (χ2v) is 3.76. The van der Waals surface area contributed by atoms with E-state index in [2.05, 4.69) is 31.9 Å². The zero-order chi connectivity index (χ0) is 8.55. The summed E-state index contributed by atoms with van der Waals surface area (Å²) in [6.07, 6.45) is 0. The maximum absolute atomic E-state index is 4.97. The van der Waals surface area contributed by atoms with Crippen molar-refractivity contribution in [2.45, 2.75) is 0 Å². The van der Waals surface area contributed by atoms with Crippen LogP contribution in [0.15, 0.2) is 28.9 Å². The number of para-hydroxylation sites is 1. The lowest BCUT2D eigenvalue weighted by molar-refractivity contribution is -0.155. The molecule has 1 aliphatic heterocycles. The first kappa shape index (κ1) is 8.13. The molecule has 2 rings (SSSR count). The highest BCUT2D eigenvalue weighted by atomic mass is 79.9. The highest BCUT2D eigenvalue weighted by molar-refractivity contribution is 9.16. The SMILES string of the molecule is BrC1=C(Br)c2ccccc2OO1. The van der Waals surface area contributed by atoms with Crippen molar-refractivity contribution in [2.24, 2.45) is 0 Å². The zero-order valence-electron chi connectivity index (χ0n) is 5.88. The van der Waals surface area contributed by atoms with E-state index in [1.165, 1.54) is 0 Å². The summed E-state index contributed by atoms with van der Waals surface area (Å²) >= 11 is 6.59. The first-order valence-electron chi connectivity index (χ1n) is 3.28.